The fraction of sp³-hybridized carbons (Fsp3) is 0.176. The number of nitrogens with one attached hydrogen (secondary N) is 1. The number of halogens is 1. The van der Waals surface area contributed by atoms with Gasteiger partial charge in [-0.25, -0.2) is 13.9 Å². The lowest BCUT2D eigenvalue weighted by molar-refractivity contribution is 0.274. The van der Waals surface area contributed by atoms with Crippen LogP contribution in [0.15, 0.2) is 47.3 Å². The van der Waals surface area contributed by atoms with Gasteiger partial charge >= 0.3 is 11.7 Å². The topological polar surface area (TPSA) is 69.1 Å². The highest BCUT2D eigenvalue weighted by molar-refractivity contribution is 5.42. The summed E-state index contributed by atoms with van der Waals surface area (Å²) in [6, 6.07) is 11.6. The van der Waals surface area contributed by atoms with E-state index in [1.165, 1.54) is 19.2 Å². The minimum atomic E-state index is -0.371. The highest BCUT2D eigenvalue weighted by atomic mass is 19.1. The second kappa shape index (κ2) is 6.57. The number of rotatable bonds is 5. The molecule has 24 heavy (non-hydrogen) atoms. The average molecular weight is 329 g/mol. The molecule has 0 bridgehead atoms. The van der Waals surface area contributed by atoms with Crippen LogP contribution in [0.4, 0.5) is 4.39 Å². The summed E-state index contributed by atoms with van der Waals surface area (Å²) < 4.78 is 25.8. The number of aromatic nitrogens is 3. The van der Waals surface area contributed by atoms with Crippen molar-refractivity contribution in [3.8, 4) is 17.5 Å². The Morgan fingerprint density at radius 2 is 2.04 bits per heavy atom. The average Bonchev–Trinajstić information content (AvgIpc) is 2.85. The zero-order valence-electron chi connectivity index (χ0n) is 13.2. The van der Waals surface area contributed by atoms with E-state index in [1.54, 1.807) is 18.2 Å². The van der Waals surface area contributed by atoms with Gasteiger partial charge in [-0.3, -0.25) is 4.98 Å². The van der Waals surface area contributed by atoms with Crippen LogP contribution in [0, 0.1) is 12.7 Å². The molecular formula is C17H16FN3O3. The van der Waals surface area contributed by atoms with Crippen LogP contribution in [0.25, 0.3) is 0 Å². The number of aromatic amines is 1. The number of hydrogen-bond acceptors (Lipinski definition) is 4. The Labute approximate surface area is 137 Å². The lowest BCUT2D eigenvalue weighted by Gasteiger charge is -2.13. The molecule has 0 atom stereocenters. The van der Waals surface area contributed by atoms with E-state index >= 15 is 0 Å². The third kappa shape index (κ3) is 3.45. The number of benzene rings is 2. The van der Waals surface area contributed by atoms with Crippen molar-refractivity contribution in [3.63, 3.8) is 0 Å². The van der Waals surface area contributed by atoms with Crippen molar-refractivity contribution in [3.05, 3.63) is 69.9 Å². The first kappa shape index (κ1) is 15.8. The fourth-order valence-electron chi connectivity index (χ4n) is 2.20. The Bertz CT molecular complexity index is 917. The predicted molar refractivity (Wildman–Crippen MR) is 85.8 cm³/mol. The molecule has 0 saturated carbocycles. The fourth-order valence-corrected chi connectivity index (χ4v) is 2.20. The molecule has 0 amide bonds. The van der Waals surface area contributed by atoms with Gasteiger partial charge in [0.2, 0.25) is 0 Å². The molecule has 3 rings (SSSR count). The number of ether oxygens (including phenoxy) is 2. The van der Waals surface area contributed by atoms with E-state index in [-0.39, 0.29) is 24.1 Å². The van der Waals surface area contributed by atoms with E-state index in [0.29, 0.717) is 11.5 Å². The first-order chi connectivity index (χ1) is 11.5. The molecule has 1 aromatic heterocycles. The SMILES string of the molecule is Cc1cccc(Oc2cccc(F)c2)c1COc1nn(C)c(=O)[nH]1. The maximum Gasteiger partial charge on any atom is 0.345 e. The molecule has 0 aliphatic carbocycles. The molecule has 6 nitrogen and oxygen atoms in total. The van der Waals surface area contributed by atoms with Gasteiger partial charge < -0.3 is 9.47 Å². The van der Waals surface area contributed by atoms with E-state index in [9.17, 15) is 9.18 Å². The minimum Gasteiger partial charge on any atom is -0.459 e. The minimum absolute atomic E-state index is 0.127. The van der Waals surface area contributed by atoms with Crippen LogP contribution in [0.1, 0.15) is 11.1 Å². The van der Waals surface area contributed by atoms with Crippen LogP contribution in [-0.2, 0) is 13.7 Å². The number of H-pyrrole nitrogens is 1. The maximum absolute atomic E-state index is 13.3. The molecule has 0 saturated heterocycles. The molecule has 2 aromatic carbocycles. The van der Waals surface area contributed by atoms with Gasteiger partial charge in [-0.05, 0) is 30.7 Å². The third-order valence-corrected chi connectivity index (χ3v) is 3.49. The lowest BCUT2D eigenvalue weighted by Crippen LogP contribution is -2.13. The standard InChI is InChI=1S/C17H16FN3O3/c1-11-5-3-8-15(24-13-7-4-6-12(18)9-13)14(11)10-23-16-19-17(22)21(2)20-16/h3-9H,10H2,1-2H3,(H,19,20,22). The molecular weight excluding hydrogens is 313 g/mol. The summed E-state index contributed by atoms with van der Waals surface area (Å²) in [4.78, 5) is 13.9. The van der Waals surface area contributed by atoms with Gasteiger partial charge in [0.15, 0.2) is 0 Å². The van der Waals surface area contributed by atoms with Crippen molar-refractivity contribution in [2.24, 2.45) is 7.05 Å². The summed E-state index contributed by atoms with van der Waals surface area (Å²) in [6.45, 7) is 2.07. The Morgan fingerprint density at radius 1 is 1.25 bits per heavy atom. The highest BCUT2D eigenvalue weighted by Gasteiger charge is 2.11. The summed E-state index contributed by atoms with van der Waals surface area (Å²) in [5.74, 6) is 0.580. The van der Waals surface area contributed by atoms with Gasteiger partial charge in [-0.1, -0.05) is 18.2 Å². The van der Waals surface area contributed by atoms with Gasteiger partial charge in [0.05, 0.1) is 0 Å². The molecule has 0 aliphatic rings. The summed E-state index contributed by atoms with van der Waals surface area (Å²) in [5, 5.41) is 3.92. The molecule has 0 aliphatic heterocycles. The Balaban J connectivity index is 1.83. The molecule has 0 radical (unpaired) electrons. The monoisotopic (exact) mass is 329 g/mol. The summed E-state index contributed by atoms with van der Waals surface area (Å²) >= 11 is 0. The van der Waals surface area contributed by atoms with Crippen molar-refractivity contribution in [1.29, 1.82) is 0 Å². The summed E-state index contributed by atoms with van der Waals surface area (Å²) in [7, 11) is 1.53. The van der Waals surface area contributed by atoms with E-state index in [4.69, 9.17) is 9.47 Å². The summed E-state index contributed by atoms with van der Waals surface area (Å²) in [6.07, 6.45) is 0. The highest BCUT2D eigenvalue weighted by Crippen LogP contribution is 2.28. The van der Waals surface area contributed by atoms with E-state index in [2.05, 4.69) is 10.1 Å². The number of hydrogen-bond donors (Lipinski definition) is 1. The molecule has 0 unspecified atom stereocenters. The normalized spacial score (nSPS) is 10.6. The lowest BCUT2D eigenvalue weighted by atomic mass is 10.1. The molecule has 1 N–H and O–H groups in total. The van der Waals surface area contributed by atoms with Crippen LogP contribution >= 0.6 is 0 Å². The number of nitrogens with zero attached hydrogens (tertiary/aromatic N) is 2. The van der Waals surface area contributed by atoms with Crippen LogP contribution in [0.3, 0.4) is 0 Å². The second-order valence-electron chi connectivity index (χ2n) is 5.26. The van der Waals surface area contributed by atoms with Crippen LogP contribution in [0.2, 0.25) is 0 Å². The zero-order valence-corrected chi connectivity index (χ0v) is 13.2. The first-order valence-electron chi connectivity index (χ1n) is 7.31. The molecule has 0 fully saturated rings. The smallest absolute Gasteiger partial charge is 0.345 e. The Morgan fingerprint density at radius 3 is 2.75 bits per heavy atom. The zero-order chi connectivity index (χ0) is 17.1. The Kier molecular flexibility index (Phi) is 4.33. The van der Waals surface area contributed by atoms with Crippen molar-refractivity contribution < 1.29 is 13.9 Å². The number of aryl methyl sites for hydroxylation is 2. The molecule has 0 spiro atoms. The molecule has 1 heterocycles. The van der Waals surface area contributed by atoms with Crippen molar-refractivity contribution in [2.75, 3.05) is 0 Å². The van der Waals surface area contributed by atoms with Crippen LogP contribution < -0.4 is 15.2 Å². The van der Waals surface area contributed by atoms with Gasteiger partial charge in [0.1, 0.15) is 23.9 Å². The van der Waals surface area contributed by atoms with Crippen molar-refractivity contribution >= 4 is 0 Å². The predicted octanol–water partition coefficient (Wildman–Crippen LogP) is 2.93. The van der Waals surface area contributed by atoms with Gasteiger partial charge in [-0.2, -0.15) is 0 Å². The van der Waals surface area contributed by atoms with E-state index in [0.717, 1.165) is 15.8 Å². The molecule has 3 aromatic rings. The van der Waals surface area contributed by atoms with Crippen LogP contribution in [-0.4, -0.2) is 14.8 Å². The summed E-state index contributed by atoms with van der Waals surface area (Å²) in [5.41, 5.74) is 1.38. The van der Waals surface area contributed by atoms with Crippen molar-refractivity contribution in [2.45, 2.75) is 13.5 Å². The molecule has 124 valence electrons. The first-order valence-corrected chi connectivity index (χ1v) is 7.31. The van der Waals surface area contributed by atoms with Gasteiger partial charge in [0.25, 0.3) is 0 Å². The van der Waals surface area contributed by atoms with Gasteiger partial charge in [-0.15, -0.1) is 5.10 Å². The third-order valence-electron chi connectivity index (χ3n) is 3.49. The largest absolute Gasteiger partial charge is 0.459 e. The van der Waals surface area contributed by atoms with Gasteiger partial charge in [0, 0.05) is 18.7 Å². The second-order valence-corrected chi connectivity index (χ2v) is 5.26. The quantitative estimate of drug-likeness (QED) is 0.781. The maximum atomic E-state index is 13.3. The van der Waals surface area contributed by atoms with E-state index in [1.807, 2.05) is 19.1 Å². The van der Waals surface area contributed by atoms with Crippen LogP contribution in [0.5, 0.6) is 17.5 Å². The van der Waals surface area contributed by atoms with Crippen molar-refractivity contribution in [1.82, 2.24) is 14.8 Å². The molecule has 7 heteroatoms. The van der Waals surface area contributed by atoms with E-state index < -0.39 is 0 Å². The Hall–Kier alpha value is -3.09.